The van der Waals surface area contributed by atoms with E-state index in [-0.39, 0.29) is 18.5 Å². The molecule has 2 aliphatic heterocycles. The van der Waals surface area contributed by atoms with E-state index in [2.05, 4.69) is 16.8 Å². The third kappa shape index (κ3) is 1.93. The molecule has 0 amide bonds. The number of carbonyl (C=O) groups is 1. The zero-order chi connectivity index (χ0) is 15.4. The van der Waals surface area contributed by atoms with Crippen molar-refractivity contribution < 1.29 is 14.3 Å². The van der Waals surface area contributed by atoms with Gasteiger partial charge in [0.1, 0.15) is 0 Å². The number of hydrogen-bond acceptors (Lipinski definition) is 5. The van der Waals surface area contributed by atoms with Crippen LogP contribution in [0.3, 0.4) is 0 Å². The van der Waals surface area contributed by atoms with Gasteiger partial charge < -0.3 is 14.8 Å². The van der Waals surface area contributed by atoms with Crippen LogP contribution < -0.4 is 14.8 Å². The van der Waals surface area contributed by atoms with Crippen LogP contribution in [0.15, 0.2) is 40.9 Å². The molecule has 0 spiro atoms. The summed E-state index contributed by atoms with van der Waals surface area (Å²) >= 11 is 1.70. The molecule has 3 aliphatic rings. The fraction of sp³-hybridized carbons (Fsp3) is 0.278. The van der Waals surface area contributed by atoms with Crippen LogP contribution in [0.1, 0.15) is 35.6 Å². The summed E-state index contributed by atoms with van der Waals surface area (Å²) in [5, 5.41) is 5.55. The van der Waals surface area contributed by atoms with E-state index in [1.807, 2.05) is 18.2 Å². The largest absolute Gasteiger partial charge is 0.454 e. The predicted octanol–water partition coefficient (Wildman–Crippen LogP) is 4.04. The summed E-state index contributed by atoms with van der Waals surface area (Å²) in [6, 6.07) is 8.19. The predicted molar refractivity (Wildman–Crippen MR) is 88.2 cm³/mol. The van der Waals surface area contributed by atoms with Crippen LogP contribution >= 0.6 is 11.3 Å². The highest BCUT2D eigenvalue weighted by molar-refractivity contribution is 7.10. The Hall–Kier alpha value is -2.27. The Kier molecular flexibility index (Phi) is 2.79. The molecule has 1 aromatic heterocycles. The summed E-state index contributed by atoms with van der Waals surface area (Å²) in [6.07, 6.45) is 2.49. The monoisotopic (exact) mass is 325 g/mol. The topological polar surface area (TPSA) is 47.6 Å². The van der Waals surface area contributed by atoms with E-state index < -0.39 is 0 Å². The first-order chi connectivity index (χ1) is 11.3. The quantitative estimate of drug-likeness (QED) is 0.859. The van der Waals surface area contributed by atoms with E-state index in [1.54, 1.807) is 11.3 Å². The number of nitrogens with one attached hydrogen (secondary N) is 1. The number of carbonyl (C=O) groups excluding carboxylic acids is 1. The Bertz CT molecular complexity index is 838. The van der Waals surface area contributed by atoms with Gasteiger partial charge in [0.2, 0.25) is 6.79 Å². The van der Waals surface area contributed by atoms with Crippen molar-refractivity contribution in [1.29, 1.82) is 0 Å². The summed E-state index contributed by atoms with van der Waals surface area (Å²) in [5.41, 5.74) is 4.14. The average Bonchev–Trinajstić information content (AvgIpc) is 3.22. The standard InChI is InChI=1S/C18H15NO3S/c20-13-4-1-3-11-18(13)17(16-5-2-6-23-16)10-7-14-15(22-9-21-14)8-12(10)19-11/h2,5-8,17,19H,1,3-4,9H2/t17-/m0/s1. The highest BCUT2D eigenvalue weighted by atomic mass is 32.1. The van der Waals surface area contributed by atoms with E-state index in [0.29, 0.717) is 6.42 Å². The Morgan fingerprint density at radius 2 is 2.04 bits per heavy atom. The van der Waals surface area contributed by atoms with Crippen molar-refractivity contribution in [2.75, 3.05) is 12.1 Å². The third-order valence-corrected chi connectivity index (χ3v) is 5.65. The molecule has 0 bridgehead atoms. The number of rotatable bonds is 1. The van der Waals surface area contributed by atoms with E-state index in [9.17, 15) is 4.79 Å². The molecule has 2 aromatic rings. The van der Waals surface area contributed by atoms with Gasteiger partial charge in [-0.1, -0.05) is 6.07 Å². The summed E-state index contributed by atoms with van der Waals surface area (Å²) in [5.74, 6) is 1.80. The second kappa shape index (κ2) is 4.86. The molecule has 3 heterocycles. The van der Waals surface area contributed by atoms with Gasteiger partial charge in [-0.25, -0.2) is 0 Å². The zero-order valence-electron chi connectivity index (χ0n) is 12.4. The molecular formula is C18H15NO3S. The summed E-state index contributed by atoms with van der Waals surface area (Å²) < 4.78 is 11.1. The Morgan fingerprint density at radius 1 is 1.17 bits per heavy atom. The van der Waals surface area contributed by atoms with Crippen LogP contribution in [0.5, 0.6) is 11.5 Å². The van der Waals surface area contributed by atoms with Crippen LogP contribution in [-0.2, 0) is 4.79 Å². The van der Waals surface area contributed by atoms with Gasteiger partial charge in [-0.3, -0.25) is 4.79 Å². The van der Waals surface area contributed by atoms with Crippen molar-refractivity contribution in [3.63, 3.8) is 0 Å². The van der Waals surface area contributed by atoms with Crippen LogP contribution in [-0.4, -0.2) is 12.6 Å². The van der Waals surface area contributed by atoms with Gasteiger partial charge in [0.25, 0.3) is 0 Å². The molecule has 0 unspecified atom stereocenters. The molecule has 0 fully saturated rings. The van der Waals surface area contributed by atoms with Crippen LogP contribution in [0.25, 0.3) is 0 Å². The van der Waals surface area contributed by atoms with Gasteiger partial charge in [-0.15, -0.1) is 11.3 Å². The van der Waals surface area contributed by atoms with Gasteiger partial charge in [0.05, 0.1) is 5.92 Å². The number of anilines is 1. The van der Waals surface area contributed by atoms with Gasteiger partial charge in [-0.05, 0) is 35.9 Å². The average molecular weight is 325 g/mol. The second-order valence-corrected chi connectivity index (χ2v) is 7.01. The minimum absolute atomic E-state index is 0.00329. The van der Waals surface area contributed by atoms with Crippen LogP contribution in [0, 0.1) is 0 Å². The maximum atomic E-state index is 12.6. The van der Waals surface area contributed by atoms with Crippen molar-refractivity contribution in [3.8, 4) is 11.5 Å². The highest BCUT2D eigenvalue weighted by Gasteiger charge is 2.36. The maximum Gasteiger partial charge on any atom is 0.231 e. The lowest BCUT2D eigenvalue weighted by atomic mass is 9.78. The van der Waals surface area contributed by atoms with Crippen molar-refractivity contribution in [2.24, 2.45) is 0 Å². The summed E-state index contributed by atoms with van der Waals surface area (Å²) in [4.78, 5) is 13.8. The van der Waals surface area contributed by atoms with Crippen molar-refractivity contribution in [3.05, 3.63) is 51.4 Å². The molecule has 1 N–H and O–H groups in total. The van der Waals surface area contributed by atoms with Crippen LogP contribution in [0.2, 0.25) is 0 Å². The summed E-state index contributed by atoms with van der Waals surface area (Å²) in [7, 11) is 0. The number of thiophene rings is 1. The Balaban J connectivity index is 1.74. The van der Waals surface area contributed by atoms with E-state index >= 15 is 0 Å². The molecule has 1 atom stereocenters. The van der Waals surface area contributed by atoms with Gasteiger partial charge in [-0.2, -0.15) is 0 Å². The van der Waals surface area contributed by atoms with Gasteiger partial charge in [0, 0.05) is 34.3 Å². The van der Waals surface area contributed by atoms with E-state index in [0.717, 1.165) is 46.9 Å². The number of hydrogen-bond donors (Lipinski definition) is 1. The molecule has 23 heavy (non-hydrogen) atoms. The van der Waals surface area contributed by atoms with Crippen LogP contribution in [0.4, 0.5) is 5.69 Å². The van der Waals surface area contributed by atoms with E-state index in [1.165, 1.54) is 4.88 Å². The van der Waals surface area contributed by atoms with Crippen molar-refractivity contribution in [2.45, 2.75) is 25.2 Å². The molecule has 4 nitrogen and oxygen atoms in total. The SMILES string of the molecule is O=C1CCCC2=C1[C@H](c1cccs1)c1cc3c(cc1N2)OCO3. The normalized spacial score (nSPS) is 21.7. The number of allylic oxidation sites excluding steroid dienone is 2. The van der Waals surface area contributed by atoms with Crippen molar-refractivity contribution >= 4 is 22.8 Å². The second-order valence-electron chi connectivity index (χ2n) is 6.04. The first kappa shape index (κ1) is 13.2. The van der Waals surface area contributed by atoms with Gasteiger partial charge >= 0.3 is 0 Å². The number of benzene rings is 1. The first-order valence-electron chi connectivity index (χ1n) is 7.81. The molecule has 5 heteroatoms. The minimum Gasteiger partial charge on any atom is -0.454 e. The number of ether oxygens (including phenoxy) is 2. The molecule has 1 aromatic carbocycles. The Labute approximate surface area is 137 Å². The molecule has 0 saturated carbocycles. The smallest absolute Gasteiger partial charge is 0.231 e. The molecule has 116 valence electrons. The molecule has 0 saturated heterocycles. The Morgan fingerprint density at radius 3 is 2.87 bits per heavy atom. The minimum atomic E-state index is 0.00329. The fourth-order valence-corrected chi connectivity index (χ4v) is 4.55. The molecule has 5 rings (SSSR count). The number of Topliss-reactive ketones (excluding diaryl/α,β-unsaturated/α-hetero) is 1. The molecular weight excluding hydrogens is 310 g/mol. The fourth-order valence-electron chi connectivity index (χ4n) is 3.70. The first-order valence-corrected chi connectivity index (χ1v) is 8.69. The third-order valence-electron chi connectivity index (χ3n) is 4.71. The zero-order valence-corrected chi connectivity index (χ0v) is 13.2. The number of ketones is 1. The molecule has 1 aliphatic carbocycles. The summed E-state index contributed by atoms with van der Waals surface area (Å²) in [6.45, 7) is 0.258. The van der Waals surface area contributed by atoms with Gasteiger partial charge in [0.15, 0.2) is 17.3 Å². The number of fused-ring (bicyclic) bond motifs is 2. The molecule has 0 radical (unpaired) electrons. The lowest BCUT2D eigenvalue weighted by molar-refractivity contribution is -0.116. The van der Waals surface area contributed by atoms with E-state index in [4.69, 9.17) is 9.47 Å². The van der Waals surface area contributed by atoms with Crippen molar-refractivity contribution in [1.82, 2.24) is 0 Å². The lowest BCUT2D eigenvalue weighted by Gasteiger charge is -2.33. The lowest BCUT2D eigenvalue weighted by Crippen LogP contribution is -2.26. The highest BCUT2D eigenvalue weighted by Crippen LogP contribution is 2.50. The maximum absolute atomic E-state index is 12.6.